The van der Waals surface area contributed by atoms with Crippen LogP contribution in [0.4, 0.5) is 0 Å². The molecular weight excluding hydrogens is 196 g/mol. The van der Waals surface area contributed by atoms with Crippen LogP contribution in [0.2, 0.25) is 0 Å². The minimum atomic E-state index is 0.355. The maximum atomic E-state index is 6.02. The molecule has 1 nitrogen and oxygen atoms in total. The van der Waals surface area contributed by atoms with E-state index in [0.29, 0.717) is 5.41 Å². The number of fused-ring (bicyclic) bond motifs is 1. The van der Waals surface area contributed by atoms with Crippen molar-refractivity contribution in [1.29, 1.82) is 0 Å². The van der Waals surface area contributed by atoms with Crippen LogP contribution in [0.3, 0.4) is 0 Å². The molecule has 2 aromatic rings. The zero-order valence-corrected chi connectivity index (χ0v) is 9.99. The van der Waals surface area contributed by atoms with E-state index in [-0.39, 0.29) is 0 Å². The predicted octanol–water partition coefficient (Wildman–Crippen LogP) is 4.51. The SMILES string of the molecule is CCC1CC1(CC)c1cc2ccccc2o1. The van der Waals surface area contributed by atoms with Gasteiger partial charge in [0.2, 0.25) is 0 Å². The van der Waals surface area contributed by atoms with Gasteiger partial charge in [0.15, 0.2) is 0 Å². The highest BCUT2D eigenvalue weighted by atomic mass is 16.3. The molecule has 1 heteroatoms. The molecule has 1 aromatic heterocycles. The first kappa shape index (κ1) is 9.95. The quantitative estimate of drug-likeness (QED) is 0.732. The Morgan fingerprint density at radius 3 is 2.75 bits per heavy atom. The van der Waals surface area contributed by atoms with Gasteiger partial charge in [0.1, 0.15) is 11.3 Å². The third-order valence-corrected chi connectivity index (χ3v) is 4.27. The molecule has 16 heavy (non-hydrogen) atoms. The van der Waals surface area contributed by atoms with Gasteiger partial charge in [-0.15, -0.1) is 0 Å². The number of benzene rings is 1. The second kappa shape index (κ2) is 3.38. The Balaban J connectivity index is 2.06. The molecule has 84 valence electrons. The van der Waals surface area contributed by atoms with Gasteiger partial charge in [-0.1, -0.05) is 38.5 Å². The molecule has 1 fully saturated rings. The standard InChI is InChI=1S/C15H18O/c1-3-12-10-15(12,4-2)14-9-11-7-5-6-8-13(11)16-14/h5-9,12H,3-4,10H2,1-2H3. The van der Waals surface area contributed by atoms with Crippen LogP contribution < -0.4 is 0 Å². The van der Waals surface area contributed by atoms with E-state index in [1.54, 1.807) is 0 Å². The first-order valence-corrected chi connectivity index (χ1v) is 6.29. The highest BCUT2D eigenvalue weighted by Gasteiger charge is 2.54. The Labute approximate surface area is 96.5 Å². The van der Waals surface area contributed by atoms with Crippen LogP contribution in [0.1, 0.15) is 38.9 Å². The van der Waals surface area contributed by atoms with Crippen LogP contribution in [-0.2, 0) is 5.41 Å². The van der Waals surface area contributed by atoms with Gasteiger partial charge in [0.05, 0.1) is 0 Å². The average molecular weight is 214 g/mol. The molecule has 0 spiro atoms. The number of hydrogen-bond donors (Lipinski definition) is 0. The van der Waals surface area contributed by atoms with Crippen molar-refractivity contribution in [2.75, 3.05) is 0 Å². The summed E-state index contributed by atoms with van der Waals surface area (Å²) < 4.78 is 6.02. The van der Waals surface area contributed by atoms with Crippen molar-refractivity contribution >= 4 is 11.0 Å². The summed E-state index contributed by atoms with van der Waals surface area (Å²) in [5.74, 6) is 2.04. The smallest absolute Gasteiger partial charge is 0.134 e. The Morgan fingerprint density at radius 2 is 2.12 bits per heavy atom. The van der Waals surface area contributed by atoms with Crippen molar-refractivity contribution in [2.24, 2.45) is 5.92 Å². The lowest BCUT2D eigenvalue weighted by atomic mass is 9.96. The summed E-state index contributed by atoms with van der Waals surface area (Å²) in [5, 5.41) is 1.24. The van der Waals surface area contributed by atoms with Crippen molar-refractivity contribution in [3.63, 3.8) is 0 Å². The number of furan rings is 1. The molecule has 0 bridgehead atoms. The summed E-state index contributed by atoms with van der Waals surface area (Å²) in [5.41, 5.74) is 1.39. The van der Waals surface area contributed by atoms with Gasteiger partial charge in [-0.05, 0) is 30.9 Å². The lowest BCUT2D eigenvalue weighted by Crippen LogP contribution is -2.06. The van der Waals surface area contributed by atoms with E-state index in [2.05, 4.69) is 38.1 Å². The van der Waals surface area contributed by atoms with Gasteiger partial charge in [-0.25, -0.2) is 0 Å². The molecule has 3 rings (SSSR count). The number of para-hydroxylation sites is 1. The minimum Gasteiger partial charge on any atom is -0.460 e. The van der Waals surface area contributed by atoms with E-state index in [4.69, 9.17) is 4.42 Å². The summed E-state index contributed by atoms with van der Waals surface area (Å²) in [6.07, 6.45) is 3.77. The van der Waals surface area contributed by atoms with Crippen LogP contribution in [0.25, 0.3) is 11.0 Å². The Kier molecular flexibility index (Phi) is 2.10. The Morgan fingerprint density at radius 1 is 1.31 bits per heavy atom. The maximum Gasteiger partial charge on any atom is 0.134 e. The van der Waals surface area contributed by atoms with Crippen LogP contribution in [-0.4, -0.2) is 0 Å². The number of rotatable bonds is 3. The normalized spacial score (nSPS) is 28.5. The minimum absolute atomic E-state index is 0.355. The zero-order chi connectivity index (χ0) is 11.2. The third kappa shape index (κ3) is 1.24. The first-order chi connectivity index (χ1) is 7.80. The summed E-state index contributed by atoms with van der Waals surface area (Å²) in [6, 6.07) is 10.6. The molecule has 0 amide bonds. The number of hydrogen-bond acceptors (Lipinski definition) is 1. The van der Waals surface area contributed by atoms with E-state index in [9.17, 15) is 0 Å². The van der Waals surface area contributed by atoms with Gasteiger partial charge < -0.3 is 4.42 Å². The Bertz CT molecular complexity index is 478. The molecule has 1 saturated carbocycles. The average Bonchev–Trinajstić information content (AvgIpc) is 2.91. The fraction of sp³-hybridized carbons (Fsp3) is 0.467. The molecule has 0 aliphatic heterocycles. The van der Waals surface area contributed by atoms with Crippen molar-refractivity contribution in [3.05, 3.63) is 36.1 Å². The van der Waals surface area contributed by atoms with Crippen LogP contribution in [0, 0.1) is 5.92 Å². The molecule has 0 radical (unpaired) electrons. The van der Waals surface area contributed by atoms with E-state index in [1.165, 1.54) is 30.4 Å². The zero-order valence-electron chi connectivity index (χ0n) is 9.99. The van der Waals surface area contributed by atoms with Crippen LogP contribution in [0.5, 0.6) is 0 Å². The van der Waals surface area contributed by atoms with E-state index >= 15 is 0 Å². The van der Waals surface area contributed by atoms with Gasteiger partial charge in [-0.3, -0.25) is 0 Å². The lowest BCUT2D eigenvalue weighted by molar-refractivity contribution is 0.439. The fourth-order valence-electron chi connectivity index (χ4n) is 3.05. The van der Waals surface area contributed by atoms with Gasteiger partial charge in [0.25, 0.3) is 0 Å². The Hall–Kier alpha value is -1.24. The molecule has 1 aliphatic rings. The highest BCUT2D eigenvalue weighted by molar-refractivity contribution is 5.78. The molecule has 2 atom stereocenters. The van der Waals surface area contributed by atoms with Crippen molar-refractivity contribution in [2.45, 2.75) is 38.5 Å². The second-order valence-electron chi connectivity index (χ2n) is 4.97. The highest BCUT2D eigenvalue weighted by Crippen LogP contribution is 2.58. The lowest BCUT2D eigenvalue weighted by Gasteiger charge is -2.10. The van der Waals surface area contributed by atoms with Gasteiger partial charge in [-0.2, -0.15) is 0 Å². The molecule has 1 aromatic carbocycles. The molecule has 0 saturated heterocycles. The van der Waals surface area contributed by atoms with E-state index < -0.39 is 0 Å². The summed E-state index contributed by atoms with van der Waals surface area (Å²) in [7, 11) is 0. The van der Waals surface area contributed by atoms with Crippen molar-refractivity contribution in [1.82, 2.24) is 0 Å². The fourth-order valence-corrected chi connectivity index (χ4v) is 3.05. The van der Waals surface area contributed by atoms with E-state index in [0.717, 1.165) is 11.5 Å². The van der Waals surface area contributed by atoms with Crippen molar-refractivity contribution in [3.8, 4) is 0 Å². The van der Waals surface area contributed by atoms with Gasteiger partial charge in [0, 0.05) is 10.8 Å². The summed E-state index contributed by atoms with van der Waals surface area (Å²) >= 11 is 0. The third-order valence-electron chi connectivity index (χ3n) is 4.27. The monoisotopic (exact) mass is 214 g/mol. The van der Waals surface area contributed by atoms with Gasteiger partial charge >= 0.3 is 0 Å². The summed E-state index contributed by atoms with van der Waals surface area (Å²) in [4.78, 5) is 0. The molecule has 1 heterocycles. The van der Waals surface area contributed by atoms with E-state index in [1.807, 2.05) is 6.07 Å². The maximum absolute atomic E-state index is 6.02. The predicted molar refractivity (Wildman–Crippen MR) is 66.6 cm³/mol. The summed E-state index contributed by atoms with van der Waals surface area (Å²) in [6.45, 7) is 4.56. The van der Waals surface area contributed by atoms with Crippen LogP contribution in [0.15, 0.2) is 34.7 Å². The second-order valence-corrected chi connectivity index (χ2v) is 4.97. The van der Waals surface area contributed by atoms with Crippen molar-refractivity contribution < 1.29 is 4.42 Å². The molecule has 2 unspecified atom stereocenters. The first-order valence-electron chi connectivity index (χ1n) is 6.29. The molecular formula is C15H18O. The van der Waals surface area contributed by atoms with Crippen LogP contribution >= 0.6 is 0 Å². The molecule has 1 aliphatic carbocycles. The largest absolute Gasteiger partial charge is 0.460 e. The topological polar surface area (TPSA) is 13.1 Å². The molecule has 0 N–H and O–H groups in total.